The van der Waals surface area contributed by atoms with Gasteiger partial charge in [0.1, 0.15) is 0 Å². The summed E-state index contributed by atoms with van der Waals surface area (Å²) in [4.78, 5) is 14.6. The van der Waals surface area contributed by atoms with Gasteiger partial charge in [-0.3, -0.25) is 9.69 Å². The molecule has 1 aliphatic heterocycles. The highest BCUT2D eigenvalue weighted by atomic mass is 32.1. The maximum atomic E-state index is 13.4. The van der Waals surface area contributed by atoms with Crippen molar-refractivity contribution in [2.45, 2.75) is 31.8 Å². The van der Waals surface area contributed by atoms with Gasteiger partial charge in [-0.15, -0.1) is 0 Å². The number of nitriles is 1. The van der Waals surface area contributed by atoms with E-state index in [9.17, 15) is 23.1 Å². The largest absolute Gasteiger partial charge is 0.417 e. The van der Waals surface area contributed by atoms with Crippen LogP contribution in [-0.2, 0) is 6.18 Å². The minimum atomic E-state index is -4.74. The summed E-state index contributed by atoms with van der Waals surface area (Å²) >= 11 is 5.52. The van der Waals surface area contributed by atoms with Crippen molar-refractivity contribution in [1.29, 1.82) is 5.26 Å². The number of aliphatic hydroxyl groups is 1. The molecule has 2 aromatic rings. The SMILES string of the molecule is CNC(=O)c1ccc(N2C(=S)N(c3ccc(C#N)c(C(F)(F)F)c3)C(O)C2(C)C)cc1. The van der Waals surface area contributed by atoms with Crippen LogP contribution in [0, 0.1) is 11.3 Å². The highest BCUT2D eigenvalue weighted by Gasteiger charge is 2.50. The summed E-state index contributed by atoms with van der Waals surface area (Å²) in [6.07, 6.45) is -6.01. The number of anilines is 2. The number of halogens is 3. The molecule has 1 fully saturated rings. The van der Waals surface area contributed by atoms with Crippen LogP contribution in [0.15, 0.2) is 42.5 Å². The van der Waals surface area contributed by atoms with Crippen LogP contribution in [0.2, 0.25) is 0 Å². The van der Waals surface area contributed by atoms with Gasteiger partial charge in [0.05, 0.1) is 22.7 Å². The topological polar surface area (TPSA) is 79.6 Å². The highest BCUT2D eigenvalue weighted by Crippen LogP contribution is 2.41. The number of nitrogens with one attached hydrogen (secondary N) is 1. The Morgan fingerprint density at radius 2 is 1.77 bits per heavy atom. The third-order valence-corrected chi connectivity index (χ3v) is 5.55. The fraction of sp³-hybridized carbons (Fsp3) is 0.286. The quantitative estimate of drug-likeness (QED) is 0.698. The Balaban J connectivity index is 2.05. The van der Waals surface area contributed by atoms with Crippen LogP contribution >= 0.6 is 12.2 Å². The summed E-state index contributed by atoms with van der Waals surface area (Å²) in [5.41, 5.74) is -1.62. The molecule has 6 nitrogen and oxygen atoms in total. The summed E-state index contributed by atoms with van der Waals surface area (Å²) in [5.74, 6) is -0.270. The van der Waals surface area contributed by atoms with Crippen molar-refractivity contribution in [1.82, 2.24) is 5.32 Å². The maximum Gasteiger partial charge on any atom is 0.417 e. The van der Waals surface area contributed by atoms with Crippen molar-refractivity contribution in [3.63, 3.8) is 0 Å². The third kappa shape index (κ3) is 3.82. The smallest absolute Gasteiger partial charge is 0.371 e. The Morgan fingerprint density at radius 3 is 2.29 bits per heavy atom. The van der Waals surface area contributed by atoms with E-state index in [1.54, 1.807) is 43.0 Å². The van der Waals surface area contributed by atoms with Gasteiger partial charge in [-0.1, -0.05) is 0 Å². The number of nitrogens with zero attached hydrogens (tertiary/aromatic N) is 3. The first-order valence-electron chi connectivity index (χ1n) is 9.18. The molecule has 0 bridgehead atoms. The molecular formula is C21H19F3N4O2S. The van der Waals surface area contributed by atoms with Crippen LogP contribution in [0.25, 0.3) is 0 Å². The number of carbonyl (C=O) groups excluding carboxylic acids is 1. The number of hydrogen-bond acceptors (Lipinski definition) is 4. The summed E-state index contributed by atoms with van der Waals surface area (Å²) < 4.78 is 40.2. The first-order valence-corrected chi connectivity index (χ1v) is 9.59. The van der Waals surface area contributed by atoms with Gasteiger partial charge >= 0.3 is 6.18 Å². The van der Waals surface area contributed by atoms with Crippen molar-refractivity contribution in [3.05, 3.63) is 59.2 Å². The van der Waals surface area contributed by atoms with Crippen molar-refractivity contribution < 1.29 is 23.1 Å². The molecule has 0 radical (unpaired) electrons. The van der Waals surface area contributed by atoms with Crippen molar-refractivity contribution >= 4 is 34.6 Å². The van der Waals surface area contributed by atoms with Gasteiger partial charge in [-0.25, -0.2) is 0 Å². The highest BCUT2D eigenvalue weighted by molar-refractivity contribution is 7.80. The monoisotopic (exact) mass is 448 g/mol. The van der Waals surface area contributed by atoms with E-state index in [-0.39, 0.29) is 16.7 Å². The van der Waals surface area contributed by atoms with Gasteiger partial charge in [0.25, 0.3) is 5.91 Å². The van der Waals surface area contributed by atoms with Crippen LogP contribution in [-0.4, -0.2) is 34.9 Å². The van der Waals surface area contributed by atoms with E-state index in [1.165, 1.54) is 24.1 Å². The van der Waals surface area contributed by atoms with Gasteiger partial charge < -0.3 is 15.3 Å². The lowest BCUT2D eigenvalue weighted by molar-refractivity contribution is -0.137. The lowest BCUT2D eigenvalue weighted by Crippen LogP contribution is -2.47. The Kier molecular flexibility index (Phi) is 5.69. The standard InChI is InChI=1S/C21H19F3N4O2S/c1-20(2)18(30)27(15-9-6-13(11-25)16(10-15)21(22,23)24)19(31)28(20)14-7-4-12(5-8-14)17(29)26-3/h4-10,18,30H,1-3H3,(H,26,29). The molecule has 10 heteroatoms. The number of hydrogen-bond donors (Lipinski definition) is 2. The van der Waals surface area contributed by atoms with Crippen LogP contribution in [0.4, 0.5) is 24.5 Å². The first kappa shape index (κ1) is 22.5. The fourth-order valence-corrected chi connectivity index (χ4v) is 4.05. The molecule has 2 aromatic carbocycles. The fourth-order valence-electron chi connectivity index (χ4n) is 3.51. The molecule has 0 saturated carbocycles. The number of rotatable bonds is 3. The Labute approximate surface area is 182 Å². The molecular weight excluding hydrogens is 429 g/mol. The second kappa shape index (κ2) is 7.83. The number of benzene rings is 2. The predicted molar refractivity (Wildman–Crippen MR) is 114 cm³/mol. The number of thiocarbonyl (C=S) groups is 1. The molecule has 0 aromatic heterocycles. The Morgan fingerprint density at radius 1 is 1.19 bits per heavy atom. The molecule has 1 heterocycles. The summed E-state index contributed by atoms with van der Waals surface area (Å²) in [6.45, 7) is 3.40. The average molecular weight is 448 g/mol. The average Bonchev–Trinajstić information content (AvgIpc) is 2.90. The van der Waals surface area contributed by atoms with Gasteiger partial charge in [0, 0.05) is 24.0 Å². The van der Waals surface area contributed by atoms with E-state index in [0.29, 0.717) is 11.3 Å². The first-order chi connectivity index (χ1) is 14.4. The molecule has 1 aliphatic rings. The molecule has 1 atom stereocenters. The lowest BCUT2D eigenvalue weighted by atomic mass is 10.0. The molecule has 3 rings (SSSR count). The second-order valence-electron chi connectivity index (χ2n) is 7.48. The van der Waals surface area contributed by atoms with E-state index >= 15 is 0 Å². The molecule has 31 heavy (non-hydrogen) atoms. The summed E-state index contributed by atoms with van der Waals surface area (Å²) in [7, 11) is 1.51. The van der Waals surface area contributed by atoms with E-state index in [1.807, 2.05) is 0 Å². The zero-order valence-electron chi connectivity index (χ0n) is 16.9. The van der Waals surface area contributed by atoms with E-state index in [2.05, 4.69) is 5.32 Å². The van der Waals surface area contributed by atoms with Crippen molar-refractivity contribution in [3.8, 4) is 6.07 Å². The molecule has 1 saturated heterocycles. The molecule has 0 aliphatic carbocycles. The summed E-state index contributed by atoms with van der Waals surface area (Å²) in [5, 5.41) is 22.6. The Bertz CT molecular complexity index is 1080. The molecule has 0 spiro atoms. The second-order valence-corrected chi connectivity index (χ2v) is 7.85. The molecule has 162 valence electrons. The number of amides is 1. The number of aliphatic hydroxyl groups excluding tert-OH is 1. The zero-order valence-corrected chi connectivity index (χ0v) is 17.7. The summed E-state index contributed by atoms with van der Waals surface area (Å²) in [6, 6.07) is 11.2. The van der Waals surface area contributed by atoms with Gasteiger partial charge in [-0.05, 0) is 68.5 Å². The van der Waals surface area contributed by atoms with E-state index < -0.39 is 29.1 Å². The predicted octanol–water partition coefficient (Wildman–Crippen LogP) is 3.65. The van der Waals surface area contributed by atoms with E-state index in [0.717, 1.165) is 12.1 Å². The van der Waals surface area contributed by atoms with Crippen LogP contribution < -0.4 is 15.1 Å². The number of carbonyl (C=O) groups is 1. The maximum absolute atomic E-state index is 13.4. The van der Waals surface area contributed by atoms with Crippen LogP contribution in [0.5, 0.6) is 0 Å². The van der Waals surface area contributed by atoms with Gasteiger partial charge in [-0.2, -0.15) is 18.4 Å². The van der Waals surface area contributed by atoms with Crippen LogP contribution in [0.1, 0.15) is 35.3 Å². The minimum absolute atomic E-state index is 0.0152. The lowest BCUT2D eigenvalue weighted by Gasteiger charge is -2.33. The zero-order chi connectivity index (χ0) is 23.1. The van der Waals surface area contributed by atoms with Crippen molar-refractivity contribution in [2.75, 3.05) is 16.8 Å². The third-order valence-electron chi connectivity index (χ3n) is 5.17. The molecule has 1 unspecified atom stereocenters. The van der Waals surface area contributed by atoms with Gasteiger partial charge in [0.15, 0.2) is 11.3 Å². The molecule has 1 amide bonds. The minimum Gasteiger partial charge on any atom is -0.371 e. The number of alkyl halides is 3. The Hall–Kier alpha value is -3.16. The molecule has 2 N–H and O–H groups in total. The normalized spacial score (nSPS) is 18.1. The van der Waals surface area contributed by atoms with Crippen molar-refractivity contribution in [2.24, 2.45) is 0 Å². The van der Waals surface area contributed by atoms with Gasteiger partial charge in [0.2, 0.25) is 0 Å². The van der Waals surface area contributed by atoms with Crippen LogP contribution in [0.3, 0.4) is 0 Å². The van der Waals surface area contributed by atoms with E-state index in [4.69, 9.17) is 17.5 Å².